The predicted octanol–water partition coefficient (Wildman–Crippen LogP) is 4.30. The Morgan fingerprint density at radius 3 is 2.73 bits per heavy atom. The smallest absolute Gasteiger partial charge is 0.153 e. The first kappa shape index (κ1) is 20.7. The molecule has 8 heteroatoms. The topological polar surface area (TPSA) is 77.3 Å². The number of fused-ring (bicyclic) bond motifs is 2. The Kier molecular flexibility index (Phi) is 4.78. The van der Waals surface area contributed by atoms with Crippen LogP contribution in [0, 0.1) is 26.2 Å². The number of piperidine rings is 1. The van der Waals surface area contributed by atoms with Crippen molar-refractivity contribution in [2.24, 2.45) is 11.1 Å². The van der Waals surface area contributed by atoms with Crippen molar-refractivity contribution in [1.82, 2.24) is 24.1 Å². The van der Waals surface area contributed by atoms with Crippen LogP contribution in [0.3, 0.4) is 0 Å². The summed E-state index contributed by atoms with van der Waals surface area (Å²) in [7, 11) is 0. The first-order valence-corrected chi connectivity index (χ1v) is 12.4. The van der Waals surface area contributed by atoms with E-state index in [0.29, 0.717) is 0 Å². The van der Waals surface area contributed by atoms with Crippen molar-refractivity contribution < 1.29 is 0 Å². The van der Waals surface area contributed by atoms with Gasteiger partial charge in [0.15, 0.2) is 5.82 Å². The monoisotopic (exact) mass is 459 g/mol. The second-order valence-electron chi connectivity index (χ2n) is 9.50. The lowest BCUT2D eigenvalue weighted by atomic mass is 9.73. The van der Waals surface area contributed by atoms with E-state index >= 15 is 0 Å². The molecule has 1 saturated heterocycles. The summed E-state index contributed by atoms with van der Waals surface area (Å²) in [5, 5.41) is 5.77. The maximum atomic E-state index is 6.74. The van der Waals surface area contributed by atoms with Gasteiger partial charge >= 0.3 is 0 Å². The molecule has 0 saturated carbocycles. The van der Waals surface area contributed by atoms with Gasteiger partial charge in [-0.2, -0.15) is 5.10 Å². The second-order valence-corrected chi connectivity index (χ2v) is 10.6. The van der Waals surface area contributed by atoms with Crippen LogP contribution in [0.1, 0.15) is 41.5 Å². The highest BCUT2D eigenvalue weighted by molar-refractivity contribution is 7.99. The van der Waals surface area contributed by atoms with E-state index in [9.17, 15) is 0 Å². The van der Waals surface area contributed by atoms with Gasteiger partial charge in [-0.05, 0) is 63.4 Å². The van der Waals surface area contributed by atoms with Gasteiger partial charge in [-0.1, -0.05) is 11.8 Å². The summed E-state index contributed by atoms with van der Waals surface area (Å²) in [6.07, 6.45) is 8.12. The Hall–Kier alpha value is -2.84. The Morgan fingerprint density at radius 2 is 1.94 bits per heavy atom. The van der Waals surface area contributed by atoms with E-state index in [0.717, 1.165) is 60.2 Å². The van der Waals surface area contributed by atoms with Gasteiger partial charge in [-0.3, -0.25) is 9.67 Å². The fourth-order valence-electron chi connectivity index (χ4n) is 5.45. The standard InChI is InChI=1S/C25H29N7S/c1-16-13-20-23(26)25(15-32(20)29-16)7-11-30(12-8-25)24-19-5-4-10-31(19)22(14-28-24)33-21-6-9-27-18(3)17(21)2/h4-6,9-10,13-14,23H,7-8,11-12,15,26H2,1-3H3/t23-/m1/s1. The minimum absolute atomic E-state index is 0.0629. The molecule has 0 bridgehead atoms. The molecule has 1 atom stereocenters. The predicted molar refractivity (Wildman–Crippen MR) is 131 cm³/mol. The number of hydrogen-bond donors (Lipinski definition) is 1. The van der Waals surface area contributed by atoms with E-state index in [2.05, 4.69) is 68.4 Å². The maximum Gasteiger partial charge on any atom is 0.153 e. The molecule has 0 aliphatic carbocycles. The highest BCUT2D eigenvalue weighted by Gasteiger charge is 2.47. The van der Waals surface area contributed by atoms with Crippen LogP contribution >= 0.6 is 11.8 Å². The minimum Gasteiger partial charge on any atom is -0.355 e. The van der Waals surface area contributed by atoms with E-state index in [4.69, 9.17) is 10.7 Å². The third-order valence-electron chi connectivity index (χ3n) is 7.57. The molecule has 0 radical (unpaired) electrons. The van der Waals surface area contributed by atoms with E-state index in [1.807, 2.05) is 19.3 Å². The molecular weight excluding hydrogens is 430 g/mol. The normalized spacial score (nSPS) is 19.5. The van der Waals surface area contributed by atoms with Crippen molar-refractivity contribution in [3.63, 3.8) is 0 Å². The molecule has 2 aliphatic rings. The fraction of sp³-hybridized carbons (Fsp3) is 0.400. The Labute approximate surface area is 198 Å². The van der Waals surface area contributed by atoms with Gasteiger partial charge in [0.25, 0.3) is 0 Å². The summed E-state index contributed by atoms with van der Waals surface area (Å²) in [6, 6.07) is 8.57. The van der Waals surface area contributed by atoms with Gasteiger partial charge in [0, 0.05) is 48.0 Å². The van der Waals surface area contributed by atoms with Gasteiger partial charge in [-0.15, -0.1) is 0 Å². The molecule has 170 valence electrons. The Balaban J connectivity index is 1.25. The fourth-order valence-corrected chi connectivity index (χ4v) is 6.46. The average Bonchev–Trinajstić information content (AvgIpc) is 3.49. The molecule has 33 heavy (non-hydrogen) atoms. The van der Waals surface area contributed by atoms with Crippen LogP contribution in [0.4, 0.5) is 5.82 Å². The molecule has 6 heterocycles. The number of aryl methyl sites for hydroxylation is 2. The van der Waals surface area contributed by atoms with Crippen LogP contribution in [0.5, 0.6) is 0 Å². The molecule has 1 fully saturated rings. The van der Waals surface area contributed by atoms with E-state index in [1.165, 1.54) is 16.2 Å². The zero-order valence-corrected chi connectivity index (χ0v) is 20.1. The molecule has 1 spiro atoms. The van der Waals surface area contributed by atoms with Gasteiger partial charge in [0.05, 0.1) is 29.1 Å². The molecule has 0 aromatic carbocycles. The maximum absolute atomic E-state index is 6.74. The van der Waals surface area contributed by atoms with Crippen molar-refractivity contribution in [2.75, 3.05) is 18.0 Å². The minimum atomic E-state index is 0.0629. The zero-order valence-electron chi connectivity index (χ0n) is 19.3. The Bertz CT molecular complexity index is 1350. The van der Waals surface area contributed by atoms with Crippen LogP contribution in [0.25, 0.3) is 5.52 Å². The first-order chi connectivity index (χ1) is 15.9. The van der Waals surface area contributed by atoms with Crippen LogP contribution in [-0.2, 0) is 6.54 Å². The number of nitrogens with two attached hydrogens (primary N) is 1. The molecular formula is C25H29N7S. The number of hydrogen-bond acceptors (Lipinski definition) is 6. The number of anilines is 1. The van der Waals surface area contributed by atoms with Gasteiger partial charge in [0.2, 0.25) is 0 Å². The van der Waals surface area contributed by atoms with Crippen LogP contribution in [0.2, 0.25) is 0 Å². The van der Waals surface area contributed by atoms with Crippen LogP contribution in [-0.4, -0.2) is 37.2 Å². The average molecular weight is 460 g/mol. The number of pyridine rings is 1. The van der Waals surface area contributed by atoms with Crippen molar-refractivity contribution in [3.05, 3.63) is 65.5 Å². The van der Waals surface area contributed by atoms with Crippen molar-refractivity contribution in [2.45, 2.75) is 56.1 Å². The van der Waals surface area contributed by atoms with Crippen molar-refractivity contribution in [3.8, 4) is 0 Å². The van der Waals surface area contributed by atoms with Crippen LogP contribution < -0.4 is 10.6 Å². The molecule has 0 unspecified atom stereocenters. The first-order valence-electron chi connectivity index (χ1n) is 11.6. The molecule has 7 nitrogen and oxygen atoms in total. The zero-order chi connectivity index (χ0) is 22.7. The van der Waals surface area contributed by atoms with E-state index in [-0.39, 0.29) is 11.5 Å². The lowest BCUT2D eigenvalue weighted by Gasteiger charge is -2.42. The third-order valence-corrected chi connectivity index (χ3v) is 8.74. The third kappa shape index (κ3) is 3.27. The lowest BCUT2D eigenvalue weighted by Crippen LogP contribution is -2.45. The highest BCUT2D eigenvalue weighted by Crippen LogP contribution is 2.48. The lowest BCUT2D eigenvalue weighted by molar-refractivity contribution is 0.170. The van der Waals surface area contributed by atoms with Gasteiger partial charge in [-0.25, -0.2) is 4.98 Å². The van der Waals surface area contributed by atoms with E-state index in [1.54, 1.807) is 11.8 Å². The molecule has 2 N–H and O–H groups in total. The Morgan fingerprint density at radius 1 is 1.12 bits per heavy atom. The van der Waals surface area contributed by atoms with Crippen molar-refractivity contribution in [1.29, 1.82) is 0 Å². The SMILES string of the molecule is Cc1cc2n(n1)CC1(CCN(c3ncc(Sc4ccnc(C)c4C)n4cccc34)CC1)[C@@H]2N. The number of nitrogens with zero attached hydrogens (tertiary/aromatic N) is 6. The molecule has 4 aromatic heterocycles. The van der Waals surface area contributed by atoms with Crippen molar-refractivity contribution >= 4 is 23.1 Å². The summed E-state index contributed by atoms with van der Waals surface area (Å²) < 4.78 is 4.39. The quantitative estimate of drug-likeness (QED) is 0.492. The largest absolute Gasteiger partial charge is 0.355 e. The summed E-state index contributed by atoms with van der Waals surface area (Å²) >= 11 is 1.74. The van der Waals surface area contributed by atoms with Gasteiger partial charge in [0.1, 0.15) is 5.03 Å². The molecule has 2 aliphatic heterocycles. The molecule has 0 amide bonds. The molecule has 4 aromatic rings. The van der Waals surface area contributed by atoms with Gasteiger partial charge < -0.3 is 15.0 Å². The summed E-state index contributed by atoms with van der Waals surface area (Å²) in [5.74, 6) is 1.06. The van der Waals surface area contributed by atoms with Crippen LogP contribution in [0.15, 0.2) is 52.8 Å². The summed E-state index contributed by atoms with van der Waals surface area (Å²) in [6.45, 7) is 9.07. The number of aromatic nitrogens is 5. The van der Waals surface area contributed by atoms with E-state index < -0.39 is 0 Å². The molecule has 6 rings (SSSR count). The second kappa shape index (κ2) is 7.60. The summed E-state index contributed by atoms with van der Waals surface area (Å²) in [5.41, 5.74) is 12.5. The number of rotatable bonds is 3. The summed E-state index contributed by atoms with van der Waals surface area (Å²) in [4.78, 5) is 13.0. The highest BCUT2D eigenvalue weighted by atomic mass is 32.2.